The van der Waals surface area contributed by atoms with E-state index in [4.69, 9.17) is 11.1 Å². The molecule has 0 unspecified atom stereocenters. The van der Waals surface area contributed by atoms with E-state index >= 15 is 0 Å². The van der Waals surface area contributed by atoms with Crippen molar-refractivity contribution in [3.63, 3.8) is 0 Å². The fourth-order valence-electron chi connectivity index (χ4n) is 1.68. The van der Waals surface area contributed by atoms with E-state index in [1.807, 2.05) is 0 Å². The molecule has 0 saturated carbocycles. The summed E-state index contributed by atoms with van der Waals surface area (Å²) < 4.78 is 22.6. The molecule has 0 amide bonds. The van der Waals surface area contributed by atoms with Gasteiger partial charge in [-0.15, -0.1) is 0 Å². The molecule has 92 valence electrons. The van der Waals surface area contributed by atoms with Crippen LogP contribution in [0.15, 0.2) is 12.4 Å². The zero-order valence-electron chi connectivity index (χ0n) is 9.13. The molecule has 0 aromatic carbocycles. The zero-order valence-corrected chi connectivity index (χ0v) is 9.94. The molecule has 0 bridgehead atoms. The predicted molar refractivity (Wildman–Crippen MR) is 63.9 cm³/mol. The number of sulfone groups is 1. The summed E-state index contributed by atoms with van der Waals surface area (Å²) in [6.45, 7) is 0.725. The van der Waals surface area contributed by atoms with Crippen molar-refractivity contribution in [3.05, 3.63) is 18.1 Å². The van der Waals surface area contributed by atoms with Gasteiger partial charge in [-0.1, -0.05) is 0 Å². The van der Waals surface area contributed by atoms with Crippen LogP contribution in [0.1, 0.15) is 5.69 Å². The van der Waals surface area contributed by atoms with Gasteiger partial charge in [0, 0.05) is 25.5 Å². The first-order valence-corrected chi connectivity index (χ1v) is 6.92. The number of nitrogens with one attached hydrogen (secondary N) is 1. The van der Waals surface area contributed by atoms with Crippen LogP contribution in [-0.4, -0.2) is 48.8 Å². The maximum Gasteiger partial charge on any atom is 0.158 e. The highest BCUT2D eigenvalue weighted by Crippen LogP contribution is 2.17. The van der Waals surface area contributed by atoms with Crippen LogP contribution in [0.25, 0.3) is 0 Å². The lowest BCUT2D eigenvalue weighted by Gasteiger charge is -2.28. The molecule has 17 heavy (non-hydrogen) atoms. The number of nitrogen functional groups attached to an aromatic ring is 1. The first-order valence-electron chi connectivity index (χ1n) is 5.10. The Morgan fingerprint density at radius 3 is 2.47 bits per heavy atom. The van der Waals surface area contributed by atoms with Crippen LogP contribution < -0.4 is 10.6 Å². The maximum absolute atomic E-state index is 11.3. The quantitative estimate of drug-likeness (QED) is 0.517. The highest BCUT2D eigenvalue weighted by Gasteiger charge is 2.24. The van der Waals surface area contributed by atoms with Gasteiger partial charge >= 0.3 is 0 Å². The van der Waals surface area contributed by atoms with E-state index < -0.39 is 9.84 Å². The first kappa shape index (κ1) is 11.8. The van der Waals surface area contributed by atoms with Gasteiger partial charge < -0.3 is 10.6 Å². The number of anilines is 1. The van der Waals surface area contributed by atoms with Gasteiger partial charge in [-0.2, -0.15) is 0 Å². The SMILES string of the molecule is N=C(N)c1nccnc1N1CCS(=O)(=O)CC1. The summed E-state index contributed by atoms with van der Waals surface area (Å²) in [5.41, 5.74) is 5.71. The minimum Gasteiger partial charge on any atom is -0.382 e. The number of aromatic nitrogens is 2. The molecule has 2 rings (SSSR count). The summed E-state index contributed by atoms with van der Waals surface area (Å²) in [7, 11) is -2.93. The van der Waals surface area contributed by atoms with Crippen LogP contribution in [-0.2, 0) is 9.84 Å². The van der Waals surface area contributed by atoms with Gasteiger partial charge in [-0.3, -0.25) is 5.41 Å². The van der Waals surface area contributed by atoms with E-state index in [0.717, 1.165) is 0 Å². The molecule has 8 heteroatoms. The van der Waals surface area contributed by atoms with Crippen molar-refractivity contribution >= 4 is 21.5 Å². The van der Waals surface area contributed by atoms with Crippen LogP contribution in [0.5, 0.6) is 0 Å². The summed E-state index contributed by atoms with van der Waals surface area (Å²) in [5.74, 6) is 0.512. The number of rotatable bonds is 2. The van der Waals surface area contributed by atoms with E-state index in [2.05, 4.69) is 9.97 Å². The third-order valence-corrected chi connectivity index (χ3v) is 4.19. The molecule has 0 radical (unpaired) electrons. The average Bonchev–Trinajstić information content (AvgIpc) is 2.29. The first-order chi connectivity index (χ1) is 7.99. The van der Waals surface area contributed by atoms with Gasteiger partial charge in [-0.05, 0) is 0 Å². The van der Waals surface area contributed by atoms with Crippen molar-refractivity contribution < 1.29 is 8.42 Å². The van der Waals surface area contributed by atoms with Gasteiger partial charge in [0.25, 0.3) is 0 Å². The number of nitrogens with two attached hydrogens (primary N) is 1. The van der Waals surface area contributed by atoms with E-state index in [9.17, 15) is 8.42 Å². The third-order valence-electron chi connectivity index (χ3n) is 2.58. The van der Waals surface area contributed by atoms with Crippen molar-refractivity contribution in [2.75, 3.05) is 29.5 Å². The second kappa shape index (κ2) is 4.28. The zero-order chi connectivity index (χ0) is 12.5. The van der Waals surface area contributed by atoms with Gasteiger partial charge in [0.15, 0.2) is 15.7 Å². The summed E-state index contributed by atoms with van der Waals surface area (Å²) >= 11 is 0. The maximum atomic E-state index is 11.3. The number of hydrogen-bond donors (Lipinski definition) is 2. The van der Waals surface area contributed by atoms with Crippen LogP contribution >= 0.6 is 0 Å². The highest BCUT2D eigenvalue weighted by molar-refractivity contribution is 7.91. The molecule has 3 N–H and O–H groups in total. The molecule has 1 fully saturated rings. The standard InChI is InChI=1S/C9H13N5O2S/c10-8(11)7-9(13-2-1-12-7)14-3-5-17(15,16)6-4-14/h1-2H,3-6H2,(H3,10,11). The Morgan fingerprint density at radius 1 is 1.29 bits per heavy atom. The lowest BCUT2D eigenvalue weighted by Crippen LogP contribution is -2.41. The van der Waals surface area contributed by atoms with Crippen molar-refractivity contribution in [2.24, 2.45) is 5.73 Å². The highest BCUT2D eigenvalue weighted by atomic mass is 32.2. The molecule has 1 aliphatic heterocycles. The van der Waals surface area contributed by atoms with Crippen LogP contribution in [0.2, 0.25) is 0 Å². The Morgan fingerprint density at radius 2 is 1.88 bits per heavy atom. The Labute approximate surface area is 99.1 Å². The molecule has 1 aromatic rings. The van der Waals surface area contributed by atoms with E-state index in [0.29, 0.717) is 24.6 Å². The van der Waals surface area contributed by atoms with Crippen LogP contribution in [0.4, 0.5) is 5.82 Å². The van der Waals surface area contributed by atoms with E-state index in [1.165, 1.54) is 12.4 Å². The van der Waals surface area contributed by atoms with Gasteiger partial charge in [0.05, 0.1) is 11.5 Å². The summed E-state index contributed by atoms with van der Waals surface area (Å²) in [6, 6.07) is 0. The lowest BCUT2D eigenvalue weighted by molar-refractivity contribution is 0.586. The molecule has 0 atom stereocenters. The monoisotopic (exact) mass is 255 g/mol. The predicted octanol–water partition coefficient (Wildman–Crippen LogP) is -1.00. The minimum atomic E-state index is -2.93. The smallest absolute Gasteiger partial charge is 0.158 e. The molecule has 0 aliphatic carbocycles. The average molecular weight is 255 g/mol. The fourth-order valence-corrected chi connectivity index (χ4v) is 2.88. The summed E-state index contributed by atoms with van der Waals surface area (Å²) in [5, 5.41) is 7.40. The molecular weight excluding hydrogens is 242 g/mol. The molecule has 7 nitrogen and oxygen atoms in total. The van der Waals surface area contributed by atoms with Crippen molar-refractivity contribution in [2.45, 2.75) is 0 Å². The Kier molecular flexibility index (Phi) is 2.97. The molecule has 1 aromatic heterocycles. The number of nitrogens with zero attached hydrogens (tertiary/aromatic N) is 3. The van der Waals surface area contributed by atoms with Crippen molar-refractivity contribution in [1.82, 2.24) is 9.97 Å². The normalized spacial score (nSPS) is 18.9. The van der Waals surface area contributed by atoms with Crippen LogP contribution in [0.3, 0.4) is 0 Å². The molecular formula is C9H13N5O2S. The summed E-state index contributed by atoms with van der Waals surface area (Å²) in [4.78, 5) is 9.90. The van der Waals surface area contributed by atoms with Crippen molar-refractivity contribution in [1.29, 1.82) is 5.41 Å². The molecule has 1 saturated heterocycles. The molecule has 2 heterocycles. The number of hydrogen-bond acceptors (Lipinski definition) is 6. The molecule has 0 spiro atoms. The second-order valence-electron chi connectivity index (χ2n) is 3.78. The second-order valence-corrected chi connectivity index (χ2v) is 6.08. The fraction of sp³-hybridized carbons (Fsp3) is 0.444. The van der Waals surface area contributed by atoms with Crippen molar-refractivity contribution in [3.8, 4) is 0 Å². The molecule has 1 aliphatic rings. The van der Waals surface area contributed by atoms with E-state index in [1.54, 1.807) is 4.90 Å². The Hall–Kier alpha value is -1.70. The minimum absolute atomic E-state index is 0.0981. The largest absolute Gasteiger partial charge is 0.382 e. The third kappa shape index (κ3) is 2.52. The Balaban J connectivity index is 2.27. The van der Waals surface area contributed by atoms with Crippen LogP contribution in [0, 0.1) is 5.41 Å². The van der Waals surface area contributed by atoms with Gasteiger partial charge in [0.2, 0.25) is 0 Å². The summed E-state index contributed by atoms with van der Waals surface area (Å²) in [6.07, 6.45) is 2.96. The lowest BCUT2D eigenvalue weighted by atomic mass is 10.3. The van der Waals surface area contributed by atoms with Gasteiger partial charge in [0.1, 0.15) is 11.5 Å². The van der Waals surface area contributed by atoms with Gasteiger partial charge in [-0.25, -0.2) is 18.4 Å². The number of amidine groups is 1. The Bertz CT molecular complexity index is 528. The van der Waals surface area contributed by atoms with E-state index in [-0.39, 0.29) is 17.3 Å². The topological polar surface area (TPSA) is 113 Å².